The molecule has 0 aromatic heterocycles. The van der Waals surface area contributed by atoms with Crippen LogP contribution in [-0.4, -0.2) is 51.6 Å². The third-order valence-corrected chi connectivity index (χ3v) is 3.38. The van der Waals surface area contributed by atoms with Crippen molar-refractivity contribution in [3.63, 3.8) is 0 Å². The van der Waals surface area contributed by atoms with E-state index in [2.05, 4.69) is 5.32 Å². The predicted molar refractivity (Wildman–Crippen MR) is 61.9 cm³/mol. The predicted octanol–water partition coefficient (Wildman–Crippen LogP) is -2.72. The molecule has 0 rings (SSSR count). The molecule has 8 nitrogen and oxygen atoms in total. The third kappa shape index (κ3) is 25.0. The Bertz CT molecular complexity index is 156. The van der Waals surface area contributed by atoms with Gasteiger partial charge in [0.25, 0.3) is 0 Å². The van der Waals surface area contributed by atoms with Crippen LogP contribution >= 0.6 is 18.2 Å². The van der Waals surface area contributed by atoms with Gasteiger partial charge in [-0.1, -0.05) is 0 Å². The Labute approximate surface area is 92.5 Å². The Morgan fingerprint density at radius 2 is 1.73 bits per heavy atom. The first-order valence-electron chi connectivity index (χ1n) is 3.67. The molecule has 15 heavy (non-hydrogen) atoms. The summed E-state index contributed by atoms with van der Waals surface area (Å²) in [7, 11) is 0. The van der Waals surface area contributed by atoms with Crippen LogP contribution in [0.25, 0.3) is 0 Å². The first-order valence-corrected chi connectivity index (χ1v) is 6.87. The highest BCUT2D eigenvalue weighted by molar-refractivity contribution is 8.54. The molecule has 0 unspecified atom stereocenters. The maximum atomic E-state index is 10.3. The van der Waals surface area contributed by atoms with E-state index >= 15 is 0 Å². The van der Waals surface area contributed by atoms with Crippen LogP contribution in [0.5, 0.6) is 0 Å². The first-order chi connectivity index (χ1) is 5.56. The maximum absolute atomic E-state index is 10.3. The second-order valence-electron chi connectivity index (χ2n) is 2.22. The van der Waals surface area contributed by atoms with Crippen molar-refractivity contribution in [1.82, 2.24) is 5.32 Å². The number of rotatable bonds is 7. The van der Waals surface area contributed by atoms with Gasteiger partial charge in [0.2, 0.25) is 0 Å². The van der Waals surface area contributed by atoms with Gasteiger partial charge in [-0.15, -0.1) is 0 Å². The van der Waals surface area contributed by atoms with E-state index in [-0.39, 0.29) is 16.4 Å². The van der Waals surface area contributed by atoms with Crippen LogP contribution in [-0.2, 0) is 4.57 Å². The molecule has 0 radical (unpaired) electrons. The molecule has 0 saturated heterocycles. The van der Waals surface area contributed by atoms with E-state index in [0.29, 0.717) is 30.2 Å². The molecule has 0 aliphatic heterocycles. The van der Waals surface area contributed by atoms with Gasteiger partial charge in [0, 0.05) is 12.3 Å². The van der Waals surface area contributed by atoms with E-state index in [0.717, 1.165) is 13.0 Å². The minimum atomic E-state index is -3.87. The average Bonchev–Trinajstić information content (AvgIpc) is 1.94. The highest BCUT2D eigenvalue weighted by Crippen LogP contribution is 2.49. The van der Waals surface area contributed by atoms with Gasteiger partial charge in [-0.25, -0.2) is 4.57 Å². The summed E-state index contributed by atoms with van der Waals surface area (Å²) < 4.78 is 10.3. The van der Waals surface area contributed by atoms with E-state index in [1.54, 1.807) is 0 Å². The molecule has 0 aliphatic carbocycles. The monoisotopic (exact) mass is 268 g/mol. The molecule has 0 fully saturated rings. The summed E-state index contributed by atoms with van der Waals surface area (Å²) >= 11 is 0.665. The molecule has 0 aromatic carbocycles. The largest absolute Gasteiger partial charge is 0.412 e. The van der Waals surface area contributed by atoms with Gasteiger partial charge in [-0.3, -0.25) is 0 Å². The van der Waals surface area contributed by atoms with E-state index in [9.17, 15) is 4.57 Å². The smallest absolute Gasteiger partial charge is 0.384 e. The third-order valence-electron chi connectivity index (χ3n) is 1.10. The van der Waals surface area contributed by atoms with E-state index < -0.39 is 6.80 Å². The van der Waals surface area contributed by atoms with Crippen LogP contribution in [0.15, 0.2) is 0 Å². The highest BCUT2D eigenvalue weighted by Gasteiger charge is 2.11. The Kier molecular flexibility index (Phi) is 23.4. The molecule has 0 spiro atoms. The second-order valence-corrected chi connectivity index (χ2v) is 6.07. The molecule has 0 aliphatic rings. The molecule has 0 atom stereocenters. The van der Waals surface area contributed by atoms with Crippen molar-refractivity contribution in [2.45, 2.75) is 6.42 Å². The van der Waals surface area contributed by atoms with Crippen molar-refractivity contribution >= 4 is 18.2 Å². The van der Waals surface area contributed by atoms with E-state index in [4.69, 9.17) is 15.5 Å². The SMILES string of the molecule is NCCCNCCSP(=O)(O)O.O.O.O. The normalized spacial score (nSPS) is 9.53. The van der Waals surface area contributed by atoms with Crippen molar-refractivity contribution in [3.05, 3.63) is 0 Å². The summed E-state index contributed by atoms with van der Waals surface area (Å²) in [5, 5.41) is 3.01. The summed E-state index contributed by atoms with van der Waals surface area (Å²) in [6.45, 7) is -1.82. The minimum absolute atomic E-state index is 0. The van der Waals surface area contributed by atoms with Gasteiger partial charge in [0.1, 0.15) is 0 Å². The zero-order valence-corrected chi connectivity index (χ0v) is 9.98. The van der Waals surface area contributed by atoms with E-state index in [1.165, 1.54) is 0 Å². The second kappa shape index (κ2) is 14.3. The topological polar surface area (TPSA) is 190 Å². The lowest BCUT2D eigenvalue weighted by Crippen LogP contribution is -2.20. The van der Waals surface area contributed by atoms with Gasteiger partial charge >= 0.3 is 6.80 Å². The fraction of sp³-hybridized carbons (Fsp3) is 1.00. The number of nitrogens with one attached hydrogen (secondary N) is 1. The zero-order chi connectivity index (χ0) is 9.45. The average molecular weight is 268 g/mol. The molecule has 0 saturated carbocycles. The van der Waals surface area contributed by atoms with Crippen LogP contribution in [0.3, 0.4) is 0 Å². The lowest BCUT2D eigenvalue weighted by Gasteiger charge is -2.04. The Hall–Kier alpha value is 0.300. The molecule has 98 valence electrons. The van der Waals surface area contributed by atoms with Crippen molar-refractivity contribution in [2.75, 3.05) is 25.4 Å². The molecular weight excluding hydrogens is 247 g/mol. The molecular formula is C5H21N2O6PS. The maximum Gasteiger partial charge on any atom is 0.384 e. The molecule has 11 N–H and O–H groups in total. The summed E-state index contributed by atoms with van der Waals surface area (Å²) in [5.74, 6) is 0.425. The van der Waals surface area contributed by atoms with Crippen LogP contribution < -0.4 is 11.1 Å². The zero-order valence-electron chi connectivity index (χ0n) is 8.27. The summed E-state index contributed by atoms with van der Waals surface area (Å²) in [5.41, 5.74) is 5.24. The first kappa shape index (κ1) is 24.5. The molecule has 0 heterocycles. The number of nitrogens with two attached hydrogens (primary N) is 1. The van der Waals surface area contributed by atoms with E-state index in [1.807, 2.05) is 0 Å². The van der Waals surface area contributed by atoms with Crippen molar-refractivity contribution in [2.24, 2.45) is 5.73 Å². The van der Waals surface area contributed by atoms with Crippen LogP contribution in [0.4, 0.5) is 0 Å². The lowest BCUT2D eigenvalue weighted by molar-refractivity contribution is 0.397. The Morgan fingerprint density at radius 1 is 1.20 bits per heavy atom. The Balaban J connectivity index is -0.000000202. The Morgan fingerprint density at radius 3 is 2.13 bits per heavy atom. The quantitative estimate of drug-likeness (QED) is 0.286. The van der Waals surface area contributed by atoms with Crippen molar-refractivity contribution in [3.8, 4) is 0 Å². The fourth-order valence-electron chi connectivity index (χ4n) is 0.589. The molecule has 0 amide bonds. The fourth-order valence-corrected chi connectivity index (χ4v) is 2.05. The van der Waals surface area contributed by atoms with Crippen LogP contribution in [0.1, 0.15) is 6.42 Å². The highest BCUT2D eigenvalue weighted by atomic mass is 32.7. The minimum Gasteiger partial charge on any atom is -0.412 e. The summed E-state index contributed by atoms with van der Waals surface area (Å²) in [4.78, 5) is 16.9. The van der Waals surface area contributed by atoms with Gasteiger partial charge in [-0.2, -0.15) is 0 Å². The van der Waals surface area contributed by atoms with Gasteiger partial charge in [0.05, 0.1) is 0 Å². The molecule has 0 bridgehead atoms. The summed E-state index contributed by atoms with van der Waals surface area (Å²) in [6, 6.07) is 0. The van der Waals surface area contributed by atoms with Crippen molar-refractivity contribution in [1.29, 1.82) is 0 Å². The molecule has 0 aromatic rings. The number of hydrogen-bond acceptors (Lipinski definition) is 4. The molecule has 10 heteroatoms. The summed E-state index contributed by atoms with van der Waals surface area (Å²) in [6.07, 6.45) is 0.889. The number of hydrogen-bond donors (Lipinski definition) is 4. The standard InChI is InChI=1S/C5H15N2O3PS.3H2O/c6-2-1-3-7-4-5-12-11(8,9)10;;;/h7H,1-6H2,(H2,8,9,10);3*1H2. The van der Waals surface area contributed by atoms with Crippen LogP contribution in [0.2, 0.25) is 0 Å². The lowest BCUT2D eigenvalue weighted by atomic mass is 10.4. The van der Waals surface area contributed by atoms with Gasteiger partial charge in [0.15, 0.2) is 0 Å². The van der Waals surface area contributed by atoms with Gasteiger partial charge < -0.3 is 37.3 Å². The van der Waals surface area contributed by atoms with Gasteiger partial charge in [-0.05, 0) is 30.9 Å². The van der Waals surface area contributed by atoms with Crippen molar-refractivity contribution < 1.29 is 30.8 Å². The van der Waals surface area contributed by atoms with Crippen LogP contribution in [0, 0.1) is 0 Å².